The Morgan fingerprint density at radius 2 is 2.12 bits per heavy atom. The van der Waals surface area contributed by atoms with Gasteiger partial charge in [0.2, 0.25) is 0 Å². The van der Waals surface area contributed by atoms with Gasteiger partial charge in [0, 0.05) is 26.1 Å². The Hall–Kier alpha value is -0.610. The maximum Gasteiger partial charge on any atom is 0.305 e. The fraction of sp³-hybridized carbons (Fsp3) is 0.923. The molecule has 0 N–H and O–H groups in total. The van der Waals surface area contributed by atoms with Gasteiger partial charge in [-0.05, 0) is 32.7 Å². The average Bonchev–Trinajstić information content (AvgIpc) is 2.57. The maximum atomic E-state index is 11.1. The molecule has 1 fully saturated rings. The molecule has 4 heteroatoms. The summed E-state index contributed by atoms with van der Waals surface area (Å²) in [7, 11) is 0. The fourth-order valence-corrected chi connectivity index (χ4v) is 2.04. The molecule has 1 heterocycles. The van der Waals surface area contributed by atoms with Gasteiger partial charge in [-0.3, -0.25) is 4.79 Å². The van der Waals surface area contributed by atoms with Gasteiger partial charge in [0.05, 0.1) is 13.2 Å². The quantitative estimate of drug-likeness (QED) is 0.505. The van der Waals surface area contributed by atoms with Gasteiger partial charge < -0.3 is 14.4 Å². The van der Waals surface area contributed by atoms with E-state index >= 15 is 0 Å². The number of rotatable bonds is 7. The van der Waals surface area contributed by atoms with E-state index in [4.69, 9.17) is 9.47 Å². The van der Waals surface area contributed by atoms with Crippen LogP contribution in [0.3, 0.4) is 0 Å². The fourth-order valence-electron chi connectivity index (χ4n) is 2.04. The first-order valence-corrected chi connectivity index (χ1v) is 6.78. The van der Waals surface area contributed by atoms with Crippen LogP contribution in [0.4, 0.5) is 0 Å². The van der Waals surface area contributed by atoms with E-state index in [0.29, 0.717) is 13.0 Å². The van der Waals surface area contributed by atoms with Crippen LogP contribution in [0.1, 0.15) is 39.0 Å². The predicted molar refractivity (Wildman–Crippen MR) is 67.0 cm³/mol. The number of ether oxygens (including phenoxy) is 2. The van der Waals surface area contributed by atoms with E-state index in [9.17, 15) is 4.79 Å². The van der Waals surface area contributed by atoms with Crippen molar-refractivity contribution < 1.29 is 14.3 Å². The molecule has 0 aliphatic carbocycles. The Labute approximate surface area is 104 Å². The summed E-state index contributed by atoms with van der Waals surface area (Å²) < 4.78 is 10.3. The average molecular weight is 243 g/mol. The van der Waals surface area contributed by atoms with Gasteiger partial charge in [-0.15, -0.1) is 0 Å². The number of unbranched alkanes of at least 4 members (excludes halogenated alkanes) is 2. The molecule has 0 bridgehead atoms. The van der Waals surface area contributed by atoms with Crippen LogP contribution in [0.5, 0.6) is 0 Å². The van der Waals surface area contributed by atoms with Crippen LogP contribution in [-0.4, -0.2) is 50.3 Å². The number of carbonyl (C=O) groups is 1. The van der Waals surface area contributed by atoms with Crippen molar-refractivity contribution in [1.82, 2.24) is 4.90 Å². The first kappa shape index (κ1) is 14.5. The van der Waals surface area contributed by atoms with E-state index in [1.54, 1.807) is 0 Å². The molecule has 0 unspecified atom stereocenters. The van der Waals surface area contributed by atoms with Crippen molar-refractivity contribution in [3.05, 3.63) is 0 Å². The van der Waals surface area contributed by atoms with Crippen molar-refractivity contribution in [1.29, 1.82) is 0 Å². The van der Waals surface area contributed by atoms with Crippen LogP contribution in [0.2, 0.25) is 0 Å². The molecule has 0 saturated carbocycles. The minimum Gasteiger partial charge on any atom is -0.466 e. The molecule has 100 valence electrons. The standard InChI is InChI=1S/C13H25NO3/c1-2-17-13(15)7-4-3-5-8-14-9-6-11-16-12-10-14/h2-12H2,1H3. The van der Waals surface area contributed by atoms with Crippen LogP contribution in [-0.2, 0) is 14.3 Å². The SMILES string of the molecule is CCOC(=O)CCCCCN1CCCOCC1. The summed E-state index contributed by atoms with van der Waals surface area (Å²) in [5.41, 5.74) is 0. The molecule has 1 saturated heterocycles. The van der Waals surface area contributed by atoms with Crippen LogP contribution >= 0.6 is 0 Å². The second kappa shape index (κ2) is 9.42. The highest BCUT2D eigenvalue weighted by molar-refractivity contribution is 5.69. The number of carbonyl (C=O) groups excluding carboxylic acids is 1. The Bertz CT molecular complexity index is 201. The van der Waals surface area contributed by atoms with Crippen molar-refractivity contribution in [3.8, 4) is 0 Å². The van der Waals surface area contributed by atoms with E-state index in [1.165, 1.54) is 6.42 Å². The monoisotopic (exact) mass is 243 g/mol. The van der Waals surface area contributed by atoms with Gasteiger partial charge in [-0.25, -0.2) is 0 Å². The maximum absolute atomic E-state index is 11.1. The van der Waals surface area contributed by atoms with Gasteiger partial charge in [0.15, 0.2) is 0 Å². The second-order valence-electron chi connectivity index (χ2n) is 4.42. The lowest BCUT2D eigenvalue weighted by Crippen LogP contribution is -2.27. The van der Waals surface area contributed by atoms with E-state index < -0.39 is 0 Å². The molecule has 0 atom stereocenters. The van der Waals surface area contributed by atoms with Gasteiger partial charge in [0.1, 0.15) is 0 Å². The smallest absolute Gasteiger partial charge is 0.305 e. The second-order valence-corrected chi connectivity index (χ2v) is 4.42. The Balaban J connectivity index is 1.94. The van der Waals surface area contributed by atoms with Gasteiger partial charge in [-0.1, -0.05) is 6.42 Å². The highest BCUT2D eigenvalue weighted by Crippen LogP contribution is 2.05. The van der Waals surface area contributed by atoms with Crippen molar-refractivity contribution in [2.75, 3.05) is 39.5 Å². The number of hydrogen-bond acceptors (Lipinski definition) is 4. The van der Waals surface area contributed by atoms with Crippen molar-refractivity contribution in [3.63, 3.8) is 0 Å². The van der Waals surface area contributed by atoms with Crippen LogP contribution in [0.25, 0.3) is 0 Å². The van der Waals surface area contributed by atoms with Crippen molar-refractivity contribution in [2.45, 2.75) is 39.0 Å². The molecule has 1 aliphatic rings. The molecule has 0 radical (unpaired) electrons. The zero-order chi connectivity index (χ0) is 12.3. The molecular formula is C13H25NO3. The number of nitrogens with zero attached hydrogens (tertiary/aromatic N) is 1. The summed E-state index contributed by atoms with van der Waals surface area (Å²) in [6.45, 7) is 7.44. The zero-order valence-electron chi connectivity index (χ0n) is 11.0. The van der Waals surface area contributed by atoms with Crippen molar-refractivity contribution in [2.24, 2.45) is 0 Å². The first-order chi connectivity index (χ1) is 8.33. The Morgan fingerprint density at radius 1 is 1.24 bits per heavy atom. The topological polar surface area (TPSA) is 38.8 Å². The Kier molecular flexibility index (Phi) is 8.01. The summed E-state index contributed by atoms with van der Waals surface area (Å²) in [5.74, 6) is -0.0596. The summed E-state index contributed by atoms with van der Waals surface area (Å²) in [5, 5.41) is 0. The molecule has 1 aliphatic heterocycles. The minimum absolute atomic E-state index is 0.0596. The summed E-state index contributed by atoms with van der Waals surface area (Å²) in [6.07, 6.45) is 4.93. The lowest BCUT2D eigenvalue weighted by atomic mass is 10.2. The lowest BCUT2D eigenvalue weighted by molar-refractivity contribution is -0.143. The zero-order valence-corrected chi connectivity index (χ0v) is 11.0. The summed E-state index contributed by atoms with van der Waals surface area (Å²) in [6, 6.07) is 0. The first-order valence-electron chi connectivity index (χ1n) is 6.78. The number of hydrogen-bond donors (Lipinski definition) is 0. The van der Waals surface area contributed by atoms with Crippen LogP contribution < -0.4 is 0 Å². The molecule has 17 heavy (non-hydrogen) atoms. The van der Waals surface area contributed by atoms with Gasteiger partial charge >= 0.3 is 5.97 Å². The molecule has 0 aromatic heterocycles. The molecule has 0 aromatic carbocycles. The van der Waals surface area contributed by atoms with E-state index in [-0.39, 0.29) is 5.97 Å². The predicted octanol–water partition coefficient (Wildman–Crippen LogP) is 1.83. The normalized spacial score (nSPS) is 17.7. The molecule has 1 rings (SSSR count). The van der Waals surface area contributed by atoms with E-state index in [1.807, 2.05) is 6.92 Å². The molecule has 0 aromatic rings. The largest absolute Gasteiger partial charge is 0.466 e. The summed E-state index contributed by atoms with van der Waals surface area (Å²) >= 11 is 0. The molecule has 4 nitrogen and oxygen atoms in total. The highest BCUT2D eigenvalue weighted by atomic mass is 16.5. The third kappa shape index (κ3) is 7.34. The Morgan fingerprint density at radius 3 is 2.94 bits per heavy atom. The third-order valence-electron chi connectivity index (χ3n) is 2.98. The van der Waals surface area contributed by atoms with Crippen molar-refractivity contribution >= 4 is 5.97 Å². The molecule has 0 amide bonds. The number of esters is 1. The molecule has 0 spiro atoms. The van der Waals surface area contributed by atoms with Crippen LogP contribution in [0.15, 0.2) is 0 Å². The highest BCUT2D eigenvalue weighted by Gasteiger charge is 2.08. The third-order valence-corrected chi connectivity index (χ3v) is 2.98. The van der Waals surface area contributed by atoms with Gasteiger partial charge in [-0.2, -0.15) is 0 Å². The molecular weight excluding hydrogens is 218 g/mol. The minimum atomic E-state index is -0.0596. The van der Waals surface area contributed by atoms with Gasteiger partial charge in [0.25, 0.3) is 0 Å². The van der Waals surface area contributed by atoms with E-state index in [2.05, 4.69) is 4.90 Å². The van der Waals surface area contributed by atoms with Crippen LogP contribution in [0, 0.1) is 0 Å². The summed E-state index contributed by atoms with van der Waals surface area (Å²) in [4.78, 5) is 13.6. The lowest BCUT2D eigenvalue weighted by Gasteiger charge is -2.18. The van der Waals surface area contributed by atoms with E-state index in [0.717, 1.165) is 52.1 Å².